The average molecular weight is 306 g/mol. The van der Waals surface area contributed by atoms with Crippen LogP contribution in [0, 0.1) is 10.1 Å². The van der Waals surface area contributed by atoms with Crippen molar-refractivity contribution in [1.29, 1.82) is 0 Å². The van der Waals surface area contributed by atoms with Crippen molar-refractivity contribution in [3.63, 3.8) is 0 Å². The van der Waals surface area contributed by atoms with Crippen molar-refractivity contribution in [1.82, 2.24) is 10.2 Å². The number of anilines is 1. The average Bonchev–Trinajstić information content (AvgIpc) is 2.54. The van der Waals surface area contributed by atoms with Gasteiger partial charge in [-0.25, -0.2) is 0 Å². The van der Waals surface area contributed by atoms with Crippen LogP contribution in [0.15, 0.2) is 24.3 Å². The van der Waals surface area contributed by atoms with E-state index in [2.05, 4.69) is 15.1 Å². The van der Waals surface area contributed by atoms with Crippen LogP contribution in [-0.4, -0.2) is 55.0 Å². The number of amides is 1. The SMILES string of the molecule is CCCNC(=O)CN1CCN(c2ccc([N+](=O)[O-])cc2)CC1. The molecule has 0 saturated carbocycles. The summed E-state index contributed by atoms with van der Waals surface area (Å²) < 4.78 is 0. The van der Waals surface area contributed by atoms with E-state index >= 15 is 0 Å². The molecule has 7 nitrogen and oxygen atoms in total. The molecule has 7 heteroatoms. The zero-order chi connectivity index (χ0) is 15.9. The van der Waals surface area contributed by atoms with Crippen molar-refractivity contribution in [2.45, 2.75) is 13.3 Å². The third-order valence-electron chi connectivity index (χ3n) is 3.74. The Morgan fingerprint density at radius 1 is 1.23 bits per heavy atom. The monoisotopic (exact) mass is 306 g/mol. The molecule has 0 spiro atoms. The standard InChI is InChI=1S/C15H22N4O3/c1-2-7-16-15(20)12-17-8-10-18(11-9-17)13-3-5-14(6-4-13)19(21)22/h3-6H,2,7-12H2,1H3,(H,16,20). The zero-order valence-electron chi connectivity index (χ0n) is 12.8. The number of nitro groups is 1. The third-order valence-corrected chi connectivity index (χ3v) is 3.74. The Morgan fingerprint density at radius 2 is 1.86 bits per heavy atom. The highest BCUT2D eigenvalue weighted by Crippen LogP contribution is 2.20. The summed E-state index contributed by atoms with van der Waals surface area (Å²) >= 11 is 0. The van der Waals surface area contributed by atoms with Crippen LogP contribution in [0.1, 0.15) is 13.3 Å². The fourth-order valence-electron chi connectivity index (χ4n) is 2.47. The normalized spacial score (nSPS) is 15.6. The van der Waals surface area contributed by atoms with Gasteiger partial charge in [0.15, 0.2) is 0 Å². The van der Waals surface area contributed by atoms with Gasteiger partial charge in [0, 0.05) is 50.5 Å². The Morgan fingerprint density at radius 3 is 2.41 bits per heavy atom. The fraction of sp³-hybridized carbons (Fsp3) is 0.533. The lowest BCUT2D eigenvalue weighted by Crippen LogP contribution is -2.49. The van der Waals surface area contributed by atoms with Gasteiger partial charge in [0.05, 0.1) is 11.5 Å². The summed E-state index contributed by atoms with van der Waals surface area (Å²) in [6.07, 6.45) is 0.944. The molecule has 1 aromatic rings. The lowest BCUT2D eigenvalue weighted by Gasteiger charge is -2.35. The summed E-state index contributed by atoms with van der Waals surface area (Å²) in [7, 11) is 0. The van der Waals surface area contributed by atoms with Crippen LogP contribution in [0.5, 0.6) is 0 Å². The van der Waals surface area contributed by atoms with Gasteiger partial charge in [-0.05, 0) is 18.6 Å². The van der Waals surface area contributed by atoms with E-state index in [1.165, 1.54) is 12.1 Å². The minimum Gasteiger partial charge on any atom is -0.369 e. The van der Waals surface area contributed by atoms with Gasteiger partial charge in [0.1, 0.15) is 0 Å². The largest absolute Gasteiger partial charge is 0.369 e. The quantitative estimate of drug-likeness (QED) is 0.632. The Balaban J connectivity index is 1.81. The molecule has 0 aliphatic carbocycles. The number of piperazine rings is 1. The van der Waals surface area contributed by atoms with Crippen LogP contribution in [0.2, 0.25) is 0 Å². The molecule has 22 heavy (non-hydrogen) atoms. The van der Waals surface area contributed by atoms with E-state index in [1.807, 2.05) is 6.92 Å². The number of benzene rings is 1. The number of nitro benzene ring substituents is 1. The number of hydrogen-bond donors (Lipinski definition) is 1. The number of rotatable bonds is 6. The summed E-state index contributed by atoms with van der Waals surface area (Å²) in [6.45, 7) is 6.46. The van der Waals surface area contributed by atoms with E-state index in [0.717, 1.165) is 44.8 Å². The maximum Gasteiger partial charge on any atom is 0.269 e. The van der Waals surface area contributed by atoms with Crippen molar-refractivity contribution >= 4 is 17.3 Å². The Kier molecular flexibility index (Phi) is 5.71. The first-order valence-corrected chi connectivity index (χ1v) is 7.58. The Labute approximate surface area is 130 Å². The highest BCUT2D eigenvalue weighted by molar-refractivity contribution is 5.78. The molecule has 1 fully saturated rings. The summed E-state index contributed by atoms with van der Waals surface area (Å²) in [5.74, 6) is 0.0747. The van der Waals surface area contributed by atoms with Crippen LogP contribution in [0.4, 0.5) is 11.4 Å². The molecule has 120 valence electrons. The first-order valence-electron chi connectivity index (χ1n) is 7.58. The molecule has 2 rings (SSSR count). The molecule has 1 aromatic carbocycles. The second-order valence-electron chi connectivity index (χ2n) is 5.39. The number of nitrogens with zero attached hydrogens (tertiary/aromatic N) is 3. The van der Waals surface area contributed by atoms with Crippen LogP contribution in [0.25, 0.3) is 0 Å². The molecule has 1 amide bonds. The highest BCUT2D eigenvalue weighted by Gasteiger charge is 2.19. The lowest BCUT2D eigenvalue weighted by atomic mass is 10.2. The van der Waals surface area contributed by atoms with Gasteiger partial charge in [-0.1, -0.05) is 6.92 Å². The van der Waals surface area contributed by atoms with E-state index in [4.69, 9.17) is 0 Å². The minimum atomic E-state index is -0.392. The smallest absolute Gasteiger partial charge is 0.269 e. The van der Waals surface area contributed by atoms with Gasteiger partial charge in [-0.2, -0.15) is 0 Å². The van der Waals surface area contributed by atoms with Gasteiger partial charge in [-0.15, -0.1) is 0 Å². The van der Waals surface area contributed by atoms with Crippen molar-refractivity contribution < 1.29 is 9.72 Å². The van der Waals surface area contributed by atoms with E-state index < -0.39 is 4.92 Å². The molecule has 0 unspecified atom stereocenters. The number of carbonyl (C=O) groups is 1. The number of nitrogens with one attached hydrogen (secondary N) is 1. The predicted molar refractivity (Wildman–Crippen MR) is 85.1 cm³/mol. The molecule has 1 aliphatic rings. The second kappa shape index (κ2) is 7.74. The molecule has 0 bridgehead atoms. The maximum atomic E-state index is 11.7. The molecular weight excluding hydrogens is 284 g/mol. The number of carbonyl (C=O) groups excluding carboxylic acids is 1. The molecule has 0 atom stereocenters. The van der Waals surface area contributed by atoms with Gasteiger partial charge in [0.2, 0.25) is 5.91 Å². The van der Waals surface area contributed by atoms with Crippen molar-refractivity contribution in [2.75, 3.05) is 44.2 Å². The third kappa shape index (κ3) is 4.42. The topological polar surface area (TPSA) is 78.7 Å². The Hall–Kier alpha value is -2.15. The van der Waals surface area contributed by atoms with Crippen molar-refractivity contribution in [2.24, 2.45) is 0 Å². The van der Waals surface area contributed by atoms with E-state index in [0.29, 0.717) is 6.54 Å². The van der Waals surface area contributed by atoms with Gasteiger partial charge < -0.3 is 10.2 Å². The first-order chi connectivity index (χ1) is 10.6. The molecule has 0 radical (unpaired) electrons. The minimum absolute atomic E-state index is 0.0747. The lowest BCUT2D eigenvalue weighted by molar-refractivity contribution is -0.384. The molecule has 1 N–H and O–H groups in total. The first kappa shape index (κ1) is 16.2. The van der Waals surface area contributed by atoms with E-state index in [-0.39, 0.29) is 11.6 Å². The van der Waals surface area contributed by atoms with Crippen LogP contribution in [0.3, 0.4) is 0 Å². The summed E-state index contributed by atoms with van der Waals surface area (Å²) in [5.41, 5.74) is 1.09. The van der Waals surface area contributed by atoms with Crippen LogP contribution < -0.4 is 10.2 Å². The molecule has 0 aromatic heterocycles. The molecule has 1 heterocycles. The maximum absolute atomic E-state index is 11.7. The summed E-state index contributed by atoms with van der Waals surface area (Å²) in [4.78, 5) is 26.3. The Bertz CT molecular complexity index is 510. The van der Waals surface area contributed by atoms with Crippen LogP contribution in [-0.2, 0) is 4.79 Å². The van der Waals surface area contributed by atoms with Gasteiger partial charge in [-0.3, -0.25) is 19.8 Å². The fourth-order valence-corrected chi connectivity index (χ4v) is 2.47. The summed E-state index contributed by atoms with van der Waals surface area (Å²) in [5, 5.41) is 13.5. The van der Waals surface area contributed by atoms with Crippen molar-refractivity contribution in [3.8, 4) is 0 Å². The molecular formula is C15H22N4O3. The molecule has 1 saturated heterocycles. The zero-order valence-corrected chi connectivity index (χ0v) is 12.8. The number of hydrogen-bond acceptors (Lipinski definition) is 5. The van der Waals surface area contributed by atoms with Crippen LogP contribution >= 0.6 is 0 Å². The highest BCUT2D eigenvalue weighted by atomic mass is 16.6. The van der Waals surface area contributed by atoms with Crippen molar-refractivity contribution in [3.05, 3.63) is 34.4 Å². The predicted octanol–water partition coefficient (Wildman–Crippen LogP) is 1.24. The molecule has 1 aliphatic heterocycles. The number of non-ortho nitro benzene ring substituents is 1. The van der Waals surface area contributed by atoms with Gasteiger partial charge >= 0.3 is 0 Å². The van der Waals surface area contributed by atoms with E-state index in [1.54, 1.807) is 12.1 Å². The van der Waals surface area contributed by atoms with Gasteiger partial charge in [0.25, 0.3) is 5.69 Å². The summed E-state index contributed by atoms with van der Waals surface area (Å²) in [6, 6.07) is 6.61. The second-order valence-corrected chi connectivity index (χ2v) is 5.39. The van der Waals surface area contributed by atoms with E-state index in [9.17, 15) is 14.9 Å².